The molecule has 2 nitrogen and oxygen atoms in total. The molecule has 1 N–H and O–H groups in total. The standard InChI is InChI=1S/C12H24N2.2ClH/c1-14(10-11-6-5-9-13-11)12-7-3-2-4-8-12;;/h11-13H,2-10H2,1H3;2*1H. The topological polar surface area (TPSA) is 15.3 Å². The van der Waals surface area contributed by atoms with Gasteiger partial charge >= 0.3 is 0 Å². The lowest BCUT2D eigenvalue weighted by molar-refractivity contribution is 0.178. The van der Waals surface area contributed by atoms with Crippen molar-refractivity contribution in [3.8, 4) is 0 Å². The van der Waals surface area contributed by atoms with Crippen LogP contribution in [0.3, 0.4) is 0 Å². The number of halogens is 2. The van der Waals surface area contributed by atoms with Gasteiger partial charge in [0.1, 0.15) is 0 Å². The van der Waals surface area contributed by atoms with Crippen LogP contribution < -0.4 is 5.32 Å². The fraction of sp³-hybridized carbons (Fsp3) is 1.00. The highest BCUT2D eigenvalue weighted by molar-refractivity contribution is 5.85. The van der Waals surface area contributed by atoms with Gasteiger partial charge in [-0.15, -0.1) is 24.8 Å². The molecular weight excluding hydrogens is 243 g/mol. The van der Waals surface area contributed by atoms with Crippen LogP contribution in [0.4, 0.5) is 0 Å². The molecule has 0 aromatic heterocycles. The summed E-state index contributed by atoms with van der Waals surface area (Å²) in [6.07, 6.45) is 10.00. The molecule has 2 rings (SSSR count). The van der Waals surface area contributed by atoms with E-state index in [0.717, 1.165) is 12.1 Å². The zero-order chi connectivity index (χ0) is 9.80. The Kier molecular flexibility index (Phi) is 8.84. The molecule has 0 aromatic rings. The van der Waals surface area contributed by atoms with E-state index in [1.165, 1.54) is 58.0 Å². The summed E-state index contributed by atoms with van der Waals surface area (Å²) in [5.41, 5.74) is 0. The average molecular weight is 269 g/mol. The maximum atomic E-state index is 3.58. The molecule has 98 valence electrons. The van der Waals surface area contributed by atoms with Gasteiger partial charge in [0.05, 0.1) is 0 Å². The molecule has 0 amide bonds. The zero-order valence-electron chi connectivity index (χ0n) is 10.3. The molecule has 2 aliphatic rings. The minimum absolute atomic E-state index is 0. The third-order valence-corrected chi connectivity index (χ3v) is 3.87. The van der Waals surface area contributed by atoms with E-state index in [4.69, 9.17) is 0 Å². The molecule has 0 bridgehead atoms. The van der Waals surface area contributed by atoms with E-state index in [1.807, 2.05) is 0 Å². The van der Waals surface area contributed by atoms with E-state index in [2.05, 4.69) is 17.3 Å². The van der Waals surface area contributed by atoms with E-state index >= 15 is 0 Å². The molecule has 1 heterocycles. The van der Waals surface area contributed by atoms with Gasteiger partial charge < -0.3 is 10.2 Å². The molecule has 0 aromatic carbocycles. The van der Waals surface area contributed by atoms with Crippen LogP contribution in [0, 0.1) is 0 Å². The van der Waals surface area contributed by atoms with Crippen molar-refractivity contribution in [3.63, 3.8) is 0 Å². The van der Waals surface area contributed by atoms with Gasteiger partial charge in [-0.05, 0) is 39.3 Å². The van der Waals surface area contributed by atoms with Crippen LogP contribution in [-0.2, 0) is 0 Å². The van der Waals surface area contributed by atoms with Crippen molar-refractivity contribution in [3.05, 3.63) is 0 Å². The highest BCUT2D eigenvalue weighted by Gasteiger charge is 2.22. The van der Waals surface area contributed by atoms with E-state index in [9.17, 15) is 0 Å². The normalized spacial score (nSPS) is 26.2. The molecule has 2 fully saturated rings. The Morgan fingerprint density at radius 2 is 1.69 bits per heavy atom. The predicted molar refractivity (Wildman–Crippen MR) is 75.0 cm³/mol. The van der Waals surface area contributed by atoms with Crippen LogP contribution >= 0.6 is 24.8 Å². The van der Waals surface area contributed by atoms with Gasteiger partial charge in [0.2, 0.25) is 0 Å². The Bertz CT molecular complexity index is 166. The monoisotopic (exact) mass is 268 g/mol. The minimum Gasteiger partial charge on any atom is -0.313 e. The minimum atomic E-state index is 0. The van der Waals surface area contributed by atoms with Crippen LogP contribution in [0.15, 0.2) is 0 Å². The summed E-state index contributed by atoms with van der Waals surface area (Å²) in [6, 6.07) is 1.66. The smallest absolute Gasteiger partial charge is 0.0195 e. The first-order chi connectivity index (χ1) is 6.86. The van der Waals surface area contributed by atoms with Crippen molar-refractivity contribution in [2.24, 2.45) is 0 Å². The largest absolute Gasteiger partial charge is 0.313 e. The molecule has 4 heteroatoms. The maximum Gasteiger partial charge on any atom is 0.0195 e. The number of nitrogens with one attached hydrogen (secondary N) is 1. The zero-order valence-corrected chi connectivity index (χ0v) is 11.9. The SMILES string of the molecule is CN(CC1CCCN1)C1CCCCC1.Cl.Cl. The summed E-state index contributed by atoms with van der Waals surface area (Å²) in [4.78, 5) is 2.60. The lowest BCUT2D eigenvalue weighted by atomic mass is 9.94. The van der Waals surface area contributed by atoms with E-state index in [1.54, 1.807) is 0 Å². The number of hydrogen-bond acceptors (Lipinski definition) is 2. The number of hydrogen-bond donors (Lipinski definition) is 1. The van der Waals surface area contributed by atoms with Crippen molar-refractivity contribution in [1.29, 1.82) is 0 Å². The molecular formula is C12H26Cl2N2. The summed E-state index contributed by atoms with van der Waals surface area (Å²) in [7, 11) is 2.32. The first kappa shape index (κ1) is 16.5. The summed E-state index contributed by atoms with van der Waals surface area (Å²) in [6.45, 7) is 2.51. The Hall–Kier alpha value is 0.500. The lowest BCUT2D eigenvalue weighted by Crippen LogP contribution is -2.41. The first-order valence-corrected chi connectivity index (χ1v) is 6.30. The van der Waals surface area contributed by atoms with E-state index in [0.29, 0.717) is 0 Å². The molecule has 1 unspecified atom stereocenters. The number of nitrogens with zero attached hydrogens (tertiary/aromatic N) is 1. The second kappa shape index (κ2) is 8.57. The van der Waals surface area contributed by atoms with Gasteiger partial charge in [-0.1, -0.05) is 19.3 Å². The fourth-order valence-corrected chi connectivity index (χ4v) is 2.93. The predicted octanol–water partition coefficient (Wildman–Crippen LogP) is 2.85. The first-order valence-electron chi connectivity index (χ1n) is 6.30. The van der Waals surface area contributed by atoms with Crippen molar-refractivity contribution >= 4 is 24.8 Å². The van der Waals surface area contributed by atoms with Crippen LogP contribution in [0.25, 0.3) is 0 Å². The highest BCUT2D eigenvalue weighted by Crippen LogP contribution is 2.22. The molecule has 1 saturated carbocycles. The number of likely N-dealkylation sites (N-methyl/N-ethyl adjacent to an activating group) is 1. The third kappa shape index (κ3) is 4.79. The van der Waals surface area contributed by atoms with Gasteiger partial charge in [-0.25, -0.2) is 0 Å². The van der Waals surface area contributed by atoms with Crippen molar-refractivity contribution in [2.75, 3.05) is 20.1 Å². The summed E-state index contributed by atoms with van der Waals surface area (Å²) in [5, 5.41) is 3.58. The Morgan fingerprint density at radius 3 is 2.25 bits per heavy atom. The van der Waals surface area contributed by atoms with Gasteiger partial charge in [0.25, 0.3) is 0 Å². The van der Waals surface area contributed by atoms with E-state index in [-0.39, 0.29) is 24.8 Å². The molecule has 1 aliphatic carbocycles. The van der Waals surface area contributed by atoms with Gasteiger partial charge in [0.15, 0.2) is 0 Å². The lowest BCUT2D eigenvalue weighted by Gasteiger charge is -2.32. The average Bonchev–Trinajstić information content (AvgIpc) is 2.72. The molecule has 1 aliphatic heterocycles. The van der Waals surface area contributed by atoms with Crippen LogP contribution in [0.1, 0.15) is 44.9 Å². The Labute approximate surface area is 112 Å². The van der Waals surface area contributed by atoms with Crippen LogP contribution in [0.5, 0.6) is 0 Å². The van der Waals surface area contributed by atoms with Gasteiger partial charge in [-0.2, -0.15) is 0 Å². The molecule has 1 saturated heterocycles. The third-order valence-electron chi connectivity index (χ3n) is 3.87. The second-order valence-corrected chi connectivity index (χ2v) is 5.02. The van der Waals surface area contributed by atoms with E-state index < -0.39 is 0 Å². The number of rotatable bonds is 3. The van der Waals surface area contributed by atoms with Crippen molar-refractivity contribution in [2.45, 2.75) is 57.0 Å². The Balaban J connectivity index is 0.00000112. The highest BCUT2D eigenvalue weighted by atomic mass is 35.5. The maximum absolute atomic E-state index is 3.58. The molecule has 16 heavy (non-hydrogen) atoms. The second-order valence-electron chi connectivity index (χ2n) is 5.02. The van der Waals surface area contributed by atoms with Crippen LogP contribution in [0.2, 0.25) is 0 Å². The summed E-state index contributed by atoms with van der Waals surface area (Å²) in [5.74, 6) is 0. The quantitative estimate of drug-likeness (QED) is 0.847. The van der Waals surface area contributed by atoms with Crippen molar-refractivity contribution < 1.29 is 0 Å². The van der Waals surface area contributed by atoms with Crippen LogP contribution in [-0.4, -0.2) is 37.1 Å². The summed E-state index contributed by atoms with van der Waals surface area (Å²) < 4.78 is 0. The molecule has 0 radical (unpaired) electrons. The molecule has 0 spiro atoms. The van der Waals surface area contributed by atoms with Crippen molar-refractivity contribution in [1.82, 2.24) is 10.2 Å². The van der Waals surface area contributed by atoms with Gasteiger partial charge in [-0.3, -0.25) is 0 Å². The van der Waals surface area contributed by atoms with Gasteiger partial charge in [0, 0.05) is 18.6 Å². The molecule has 1 atom stereocenters. The summed E-state index contributed by atoms with van der Waals surface area (Å²) >= 11 is 0. The fourth-order valence-electron chi connectivity index (χ4n) is 2.93. The Morgan fingerprint density at radius 1 is 1.00 bits per heavy atom.